The molecule has 2 atom stereocenters. The molecule has 0 saturated heterocycles. The molecule has 0 bridgehead atoms. The maximum Gasteiger partial charge on any atom is 0.320 e. The van der Waals surface area contributed by atoms with Gasteiger partial charge in [0.05, 0.1) is 12.6 Å². The number of hydrogen-bond donors (Lipinski definition) is 1. The van der Waals surface area contributed by atoms with Gasteiger partial charge < -0.3 is 10.1 Å². The first kappa shape index (κ1) is 13.4. The largest absolute Gasteiger partial charge is 0.462 e. The summed E-state index contributed by atoms with van der Waals surface area (Å²) >= 11 is 0. The smallest absolute Gasteiger partial charge is 0.320 e. The van der Waals surface area contributed by atoms with E-state index in [9.17, 15) is 4.79 Å². The Morgan fingerprint density at radius 2 is 1.86 bits per heavy atom. The van der Waals surface area contributed by atoms with E-state index in [1.165, 1.54) is 0 Å². The molecule has 0 aliphatic rings. The lowest BCUT2D eigenvalue weighted by atomic mass is 10.0. The Kier molecular flexibility index (Phi) is 6.54. The summed E-state index contributed by atoms with van der Waals surface area (Å²) in [5, 5.41) is 3.16. The van der Waals surface area contributed by atoms with Gasteiger partial charge in [-0.1, -0.05) is 20.3 Å². The summed E-state index contributed by atoms with van der Waals surface area (Å²) in [6, 6.07) is 0.361. The van der Waals surface area contributed by atoms with E-state index in [2.05, 4.69) is 26.1 Å². The van der Waals surface area contributed by atoms with Crippen molar-refractivity contribution in [1.82, 2.24) is 5.32 Å². The molecule has 0 aromatic heterocycles. The highest BCUT2D eigenvalue weighted by Crippen LogP contribution is 2.05. The van der Waals surface area contributed by atoms with Gasteiger partial charge in [-0.3, -0.25) is 4.79 Å². The quantitative estimate of drug-likeness (QED) is 0.668. The van der Waals surface area contributed by atoms with Crippen LogP contribution in [0.2, 0.25) is 0 Å². The zero-order chi connectivity index (χ0) is 11.1. The predicted molar refractivity (Wildman–Crippen MR) is 58.1 cm³/mol. The van der Waals surface area contributed by atoms with Crippen LogP contribution < -0.4 is 5.32 Å². The Morgan fingerprint density at radius 3 is 2.29 bits per heavy atom. The van der Waals surface area contributed by atoms with E-state index in [0.717, 1.165) is 6.42 Å². The zero-order valence-electron chi connectivity index (χ0n) is 9.96. The molecule has 0 aliphatic carbocycles. The number of carbonyl (C=O) groups excluding carboxylic acids is 1. The minimum atomic E-state index is -0.171. The minimum Gasteiger partial charge on any atom is -0.462 e. The summed E-state index contributed by atoms with van der Waals surface area (Å²) < 4.78 is 5.01. The number of carbonyl (C=O) groups is 1. The number of nitrogens with one attached hydrogen (secondary N) is 1. The molecule has 3 heteroatoms. The first-order chi connectivity index (χ1) is 6.47. The van der Waals surface area contributed by atoms with E-state index < -0.39 is 0 Å². The molecule has 1 N–H and O–H groups in total. The molecule has 84 valence electrons. The van der Waals surface area contributed by atoms with Crippen LogP contribution in [0.25, 0.3) is 0 Å². The number of ether oxygens (including phenoxy) is 1. The van der Waals surface area contributed by atoms with Gasteiger partial charge in [0.1, 0.15) is 0 Å². The molecule has 0 spiro atoms. The van der Waals surface area contributed by atoms with Crippen molar-refractivity contribution in [3.8, 4) is 0 Å². The Labute approximate surface area is 87.2 Å². The number of esters is 1. The Hall–Kier alpha value is -0.570. The molecule has 0 fully saturated rings. The molecule has 0 saturated carbocycles. The van der Waals surface area contributed by atoms with Crippen molar-refractivity contribution in [3.05, 3.63) is 0 Å². The average Bonchev–Trinajstić information content (AvgIpc) is 2.11. The lowest BCUT2D eigenvalue weighted by Crippen LogP contribution is -2.37. The molecule has 3 nitrogen and oxygen atoms in total. The van der Waals surface area contributed by atoms with Crippen LogP contribution in [0.5, 0.6) is 0 Å². The van der Waals surface area contributed by atoms with Crippen LogP contribution in [-0.4, -0.2) is 24.7 Å². The molecule has 0 radical (unpaired) electrons. The van der Waals surface area contributed by atoms with Crippen LogP contribution >= 0.6 is 0 Å². The highest BCUT2D eigenvalue weighted by molar-refractivity contribution is 5.71. The van der Waals surface area contributed by atoms with Gasteiger partial charge in [-0.2, -0.15) is 0 Å². The van der Waals surface area contributed by atoms with Crippen LogP contribution in [0.15, 0.2) is 0 Å². The molecular formula is C11H23NO2. The van der Waals surface area contributed by atoms with Crippen molar-refractivity contribution < 1.29 is 9.53 Å². The zero-order valence-corrected chi connectivity index (χ0v) is 9.96. The second-order valence-corrected chi connectivity index (χ2v) is 4.09. The van der Waals surface area contributed by atoms with Crippen molar-refractivity contribution in [2.75, 3.05) is 6.54 Å². The van der Waals surface area contributed by atoms with Gasteiger partial charge in [-0.25, -0.2) is 0 Å². The molecule has 0 rings (SSSR count). The van der Waals surface area contributed by atoms with Gasteiger partial charge in [0.2, 0.25) is 0 Å². The maximum atomic E-state index is 11.2. The Morgan fingerprint density at radius 1 is 1.29 bits per heavy atom. The molecule has 0 aromatic carbocycles. The Balaban J connectivity index is 3.66. The fourth-order valence-corrected chi connectivity index (χ4v) is 1.10. The van der Waals surface area contributed by atoms with Gasteiger partial charge in [-0.05, 0) is 26.7 Å². The highest BCUT2D eigenvalue weighted by Gasteiger charge is 2.12. The third kappa shape index (κ3) is 5.97. The number of rotatable bonds is 6. The van der Waals surface area contributed by atoms with E-state index in [0.29, 0.717) is 18.5 Å². The van der Waals surface area contributed by atoms with Gasteiger partial charge in [0, 0.05) is 6.04 Å². The van der Waals surface area contributed by atoms with Crippen LogP contribution in [-0.2, 0) is 9.53 Å². The van der Waals surface area contributed by atoms with Crippen molar-refractivity contribution in [3.63, 3.8) is 0 Å². The molecule has 0 amide bonds. The fraction of sp³-hybridized carbons (Fsp3) is 0.909. The highest BCUT2D eigenvalue weighted by atomic mass is 16.5. The van der Waals surface area contributed by atoms with Crippen LogP contribution in [0.4, 0.5) is 0 Å². The summed E-state index contributed by atoms with van der Waals surface area (Å²) in [4.78, 5) is 11.2. The van der Waals surface area contributed by atoms with E-state index in [1.807, 2.05) is 13.8 Å². The summed E-state index contributed by atoms with van der Waals surface area (Å²) in [5.74, 6) is 0.414. The van der Waals surface area contributed by atoms with Crippen LogP contribution in [0, 0.1) is 5.92 Å². The van der Waals surface area contributed by atoms with Crippen molar-refractivity contribution in [1.29, 1.82) is 0 Å². The lowest BCUT2D eigenvalue weighted by Gasteiger charge is -2.19. The molecule has 0 heterocycles. The molecular weight excluding hydrogens is 178 g/mol. The van der Waals surface area contributed by atoms with Crippen molar-refractivity contribution in [2.45, 2.75) is 53.2 Å². The maximum absolute atomic E-state index is 11.2. The predicted octanol–water partition coefficient (Wildman–Crippen LogP) is 1.96. The summed E-state index contributed by atoms with van der Waals surface area (Å²) in [5.41, 5.74) is 0. The van der Waals surface area contributed by atoms with Gasteiger partial charge in [0.15, 0.2) is 0 Å². The third-order valence-electron chi connectivity index (χ3n) is 2.43. The van der Waals surface area contributed by atoms with Gasteiger partial charge in [-0.15, -0.1) is 0 Å². The van der Waals surface area contributed by atoms with Gasteiger partial charge in [0.25, 0.3) is 0 Å². The average molecular weight is 201 g/mol. The summed E-state index contributed by atoms with van der Waals surface area (Å²) in [6.45, 7) is 10.4. The van der Waals surface area contributed by atoms with Gasteiger partial charge >= 0.3 is 5.97 Å². The minimum absolute atomic E-state index is 0.0248. The fourth-order valence-electron chi connectivity index (χ4n) is 1.10. The summed E-state index contributed by atoms with van der Waals surface area (Å²) in [6.07, 6.45) is 1.09. The van der Waals surface area contributed by atoms with E-state index in [1.54, 1.807) is 0 Å². The van der Waals surface area contributed by atoms with Crippen LogP contribution in [0.3, 0.4) is 0 Å². The first-order valence-electron chi connectivity index (χ1n) is 5.40. The van der Waals surface area contributed by atoms with E-state index in [-0.39, 0.29) is 12.1 Å². The normalized spacial score (nSPS) is 15.3. The van der Waals surface area contributed by atoms with Crippen molar-refractivity contribution in [2.24, 2.45) is 5.92 Å². The molecule has 0 aliphatic heterocycles. The molecule has 0 aromatic rings. The summed E-state index contributed by atoms with van der Waals surface area (Å²) in [7, 11) is 0. The molecule has 14 heavy (non-hydrogen) atoms. The first-order valence-corrected chi connectivity index (χ1v) is 5.40. The third-order valence-corrected chi connectivity index (χ3v) is 2.43. The monoisotopic (exact) mass is 201 g/mol. The van der Waals surface area contributed by atoms with E-state index >= 15 is 0 Å². The topological polar surface area (TPSA) is 38.3 Å². The second kappa shape index (κ2) is 6.82. The SMILES string of the molecule is CCC(C)C(C)NCC(=O)OC(C)C. The molecule has 2 unspecified atom stereocenters. The van der Waals surface area contributed by atoms with Crippen molar-refractivity contribution >= 4 is 5.97 Å². The lowest BCUT2D eigenvalue weighted by molar-refractivity contribution is -0.146. The second-order valence-electron chi connectivity index (χ2n) is 4.09. The van der Waals surface area contributed by atoms with Crippen LogP contribution in [0.1, 0.15) is 41.0 Å². The van der Waals surface area contributed by atoms with E-state index in [4.69, 9.17) is 4.74 Å². The number of hydrogen-bond acceptors (Lipinski definition) is 3. The standard InChI is InChI=1S/C11H23NO2/c1-6-9(4)10(5)12-7-11(13)14-8(2)3/h8-10,12H,6-7H2,1-5H3. The Bertz CT molecular complexity index is 169.